The molecule has 0 radical (unpaired) electrons. The van der Waals surface area contributed by atoms with Crippen molar-refractivity contribution in [2.24, 2.45) is 0 Å². The van der Waals surface area contributed by atoms with Gasteiger partial charge in [-0.2, -0.15) is 11.8 Å². The van der Waals surface area contributed by atoms with Gasteiger partial charge in [0.05, 0.1) is 0 Å². The number of hydrogen-bond acceptors (Lipinski definition) is 2. The number of rotatable bonds is 2. The highest BCUT2D eigenvalue weighted by Crippen LogP contribution is 2.22. The molecule has 1 aliphatic heterocycles. The van der Waals surface area contributed by atoms with E-state index in [0.717, 1.165) is 6.54 Å². The van der Waals surface area contributed by atoms with Gasteiger partial charge in [0.25, 0.3) is 0 Å². The first-order valence-electron chi connectivity index (χ1n) is 5.32. The molecule has 0 saturated carbocycles. The second kappa shape index (κ2) is 5.37. The Hall–Kier alpha value is 0.01000. The fraction of sp³-hybridized carbons (Fsp3) is 0.500. The lowest BCUT2D eigenvalue weighted by atomic mass is 10.2. The molecule has 82 valence electrons. The summed E-state index contributed by atoms with van der Waals surface area (Å²) >= 11 is 5.68. The lowest BCUT2D eigenvalue weighted by Crippen LogP contribution is -2.39. The summed E-state index contributed by atoms with van der Waals surface area (Å²) < 4.78 is 1.23. The molecule has 1 fully saturated rings. The third-order valence-corrected chi connectivity index (χ3v) is 4.80. The van der Waals surface area contributed by atoms with Crippen molar-refractivity contribution in [2.75, 3.05) is 18.1 Å². The van der Waals surface area contributed by atoms with Gasteiger partial charge in [-0.15, -0.1) is 0 Å². The summed E-state index contributed by atoms with van der Waals surface area (Å²) in [5.74, 6) is 2.54. The maximum atomic E-state index is 3.61. The molecule has 2 rings (SSSR count). The summed E-state index contributed by atoms with van der Waals surface area (Å²) in [5, 5.41) is 0. The van der Waals surface area contributed by atoms with Crippen molar-refractivity contribution in [2.45, 2.75) is 19.5 Å². The van der Waals surface area contributed by atoms with Crippen molar-refractivity contribution in [3.8, 4) is 0 Å². The van der Waals surface area contributed by atoms with E-state index in [9.17, 15) is 0 Å². The standard InChI is InChI=1S/C12H16BrNS/c1-10-9-15-7-6-14(10)8-11-4-2-3-5-12(11)13/h2-5,10H,6-9H2,1H3. The van der Waals surface area contributed by atoms with Crippen molar-refractivity contribution >= 4 is 27.7 Å². The van der Waals surface area contributed by atoms with Crippen molar-refractivity contribution < 1.29 is 0 Å². The summed E-state index contributed by atoms with van der Waals surface area (Å²) in [6, 6.07) is 9.22. The quantitative estimate of drug-likeness (QED) is 0.820. The average molecular weight is 286 g/mol. The van der Waals surface area contributed by atoms with Crippen LogP contribution in [0.5, 0.6) is 0 Å². The summed E-state index contributed by atoms with van der Waals surface area (Å²) in [7, 11) is 0. The van der Waals surface area contributed by atoms with Crippen LogP contribution in [-0.4, -0.2) is 29.0 Å². The molecule has 1 heterocycles. The van der Waals surface area contributed by atoms with Crippen LogP contribution in [0.3, 0.4) is 0 Å². The lowest BCUT2D eigenvalue weighted by Gasteiger charge is -2.33. The molecular weight excluding hydrogens is 270 g/mol. The summed E-state index contributed by atoms with van der Waals surface area (Å²) in [4.78, 5) is 2.57. The number of benzene rings is 1. The van der Waals surface area contributed by atoms with Gasteiger partial charge in [-0.3, -0.25) is 4.90 Å². The van der Waals surface area contributed by atoms with Gasteiger partial charge in [0.1, 0.15) is 0 Å². The van der Waals surface area contributed by atoms with E-state index in [2.05, 4.69) is 63.8 Å². The van der Waals surface area contributed by atoms with Crippen molar-refractivity contribution in [3.05, 3.63) is 34.3 Å². The zero-order valence-electron chi connectivity index (χ0n) is 8.95. The van der Waals surface area contributed by atoms with Crippen molar-refractivity contribution in [1.82, 2.24) is 4.90 Å². The molecule has 0 bridgehead atoms. The molecular formula is C12H16BrNS. The highest BCUT2D eigenvalue weighted by atomic mass is 79.9. The van der Waals surface area contributed by atoms with Crippen LogP contribution in [0, 0.1) is 0 Å². The van der Waals surface area contributed by atoms with Crippen LogP contribution in [-0.2, 0) is 6.54 Å². The topological polar surface area (TPSA) is 3.24 Å². The maximum Gasteiger partial charge on any atom is 0.0248 e. The molecule has 1 aliphatic rings. The van der Waals surface area contributed by atoms with E-state index >= 15 is 0 Å². The Labute approximate surface area is 104 Å². The molecule has 0 spiro atoms. The van der Waals surface area contributed by atoms with Crippen LogP contribution >= 0.6 is 27.7 Å². The van der Waals surface area contributed by atoms with Gasteiger partial charge in [0, 0.05) is 35.1 Å². The third-order valence-electron chi connectivity index (χ3n) is 2.84. The minimum atomic E-state index is 0.704. The van der Waals surface area contributed by atoms with Gasteiger partial charge in [-0.1, -0.05) is 34.1 Å². The molecule has 1 saturated heterocycles. The van der Waals surface area contributed by atoms with Gasteiger partial charge in [0.15, 0.2) is 0 Å². The lowest BCUT2D eigenvalue weighted by molar-refractivity contribution is 0.223. The molecule has 1 unspecified atom stereocenters. The van der Waals surface area contributed by atoms with Gasteiger partial charge in [-0.25, -0.2) is 0 Å². The smallest absolute Gasteiger partial charge is 0.0248 e. The molecule has 0 aliphatic carbocycles. The van der Waals surface area contributed by atoms with E-state index in [1.54, 1.807) is 0 Å². The first-order valence-corrected chi connectivity index (χ1v) is 7.27. The zero-order valence-corrected chi connectivity index (χ0v) is 11.4. The largest absolute Gasteiger partial charge is 0.295 e. The monoisotopic (exact) mass is 285 g/mol. The highest BCUT2D eigenvalue weighted by Gasteiger charge is 2.18. The molecule has 0 aromatic heterocycles. The fourth-order valence-corrected chi connectivity index (χ4v) is 3.33. The summed E-state index contributed by atoms with van der Waals surface area (Å²) in [5.41, 5.74) is 1.40. The minimum absolute atomic E-state index is 0.704. The Morgan fingerprint density at radius 2 is 2.27 bits per heavy atom. The highest BCUT2D eigenvalue weighted by molar-refractivity contribution is 9.10. The van der Waals surface area contributed by atoms with E-state index in [1.807, 2.05) is 0 Å². The normalized spacial score (nSPS) is 22.9. The molecule has 0 amide bonds. The van der Waals surface area contributed by atoms with E-state index < -0.39 is 0 Å². The molecule has 15 heavy (non-hydrogen) atoms. The Kier molecular flexibility index (Phi) is 4.12. The molecule has 0 N–H and O–H groups in total. The second-order valence-corrected chi connectivity index (χ2v) is 5.99. The Bertz CT molecular complexity index is 329. The van der Waals surface area contributed by atoms with Gasteiger partial charge >= 0.3 is 0 Å². The Morgan fingerprint density at radius 1 is 1.47 bits per heavy atom. The predicted molar refractivity (Wildman–Crippen MR) is 71.3 cm³/mol. The van der Waals surface area contributed by atoms with E-state index in [1.165, 1.54) is 28.1 Å². The maximum absolute atomic E-state index is 3.61. The van der Waals surface area contributed by atoms with Crippen LogP contribution < -0.4 is 0 Å². The second-order valence-electron chi connectivity index (χ2n) is 3.99. The van der Waals surface area contributed by atoms with Crippen LogP contribution in [0.1, 0.15) is 12.5 Å². The molecule has 1 nitrogen and oxygen atoms in total. The first-order chi connectivity index (χ1) is 7.27. The minimum Gasteiger partial charge on any atom is -0.295 e. The Morgan fingerprint density at radius 3 is 3.00 bits per heavy atom. The van der Waals surface area contributed by atoms with Crippen molar-refractivity contribution in [1.29, 1.82) is 0 Å². The molecule has 3 heteroatoms. The van der Waals surface area contributed by atoms with Gasteiger partial charge in [-0.05, 0) is 18.6 Å². The third kappa shape index (κ3) is 2.99. The van der Waals surface area contributed by atoms with Crippen LogP contribution in [0.25, 0.3) is 0 Å². The van der Waals surface area contributed by atoms with E-state index in [4.69, 9.17) is 0 Å². The van der Waals surface area contributed by atoms with Crippen molar-refractivity contribution in [3.63, 3.8) is 0 Å². The number of halogens is 1. The number of thioether (sulfide) groups is 1. The summed E-state index contributed by atoms with van der Waals surface area (Å²) in [6.45, 7) is 4.61. The first kappa shape index (κ1) is 11.5. The van der Waals surface area contributed by atoms with Crippen LogP contribution in [0.4, 0.5) is 0 Å². The zero-order chi connectivity index (χ0) is 10.7. The van der Waals surface area contributed by atoms with Crippen LogP contribution in [0.2, 0.25) is 0 Å². The fourth-order valence-electron chi connectivity index (χ4n) is 1.84. The molecule has 1 aromatic rings. The Balaban J connectivity index is 2.04. The predicted octanol–water partition coefficient (Wildman–Crippen LogP) is 3.39. The van der Waals surface area contributed by atoms with Gasteiger partial charge < -0.3 is 0 Å². The molecule has 1 atom stereocenters. The van der Waals surface area contributed by atoms with E-state index in [0.29, 0.717) is 6.04 Å². The number of nitrogens with zero attached hydrogens (tertiary/aromatic N) is 1. The van der Waals surface area contributed by atoms with Gasteiger partial charge in [0.2, 0.25) is 0 Å². The summed E-state index contributed by atoms with van der Waals surface area (Å²) in [6.07, 6.45) is 0. The average Bonchev–Trinajstić information content (AvgIpc) is 2.24. The number of hydrogen-bond donors (Lipinski definition) is 0. The SMILES string of the molecule is CC1CSCCN1Cc1ccccc1Br. The molecule has 1 aromatic carbocycles. The van der Waals surface area contributed by atoms with E-state index in [-0.39, 0.29) is 0 Å². The van der Waals surface area contributed by atoms with Crippen LogP contribution in [0.15, 0.2) is 28.7 Å².